The van der Waals surface area contributed by atoms with E-state index in [1.165, 1.54) is 12.1 Å². The fourth-order valence-corrected chi connectivity index (χ4v) is 2.78. The largest absolute Gasteiger partial charge is 0.374 e. The summed E-state index contributed by atoms with van der Waals surface area (Å²) in [4.78, 5) is 25.7. The van der Waals surface area contributed by atoms with E-state index in [4.69, 9.17) is 0 Å². The monoisotopic (exact) mass is 341 g/mol. The summed E-state index contributed by atoms with van der Waals surface area (Å²) in [7, 11) is 0. The lowest BCUT2D eigenvalue weighted by Gasteiger charge is -2.18. The molecule has 0 aromatic heterocycles. The average molecular weight is 341 g/mol. The van der Waals surface area contributed by atoms with E-state index in [2.05, 4.69) is 10.6 Å². The molecule has 0 spiro atoms. The van der Waals surface area contributed by atoms with Crippen LogP contribution in [0.4, 0.5) is 21.5 Å². The number of para-hydroxylation sites is 1. The zero-order valence-corrected chi connectivity index (χ0v) is 14.0. The minimum atomic E-state index is -0.543. The highest BCUT2D eigenvalue weighted by atomic mass is 19.1. The molecule has 0 aliphatic carbocycles. The SMILES string of the molecule is CC(Nc1ccc(N2CCCC2=O)cc1)C(=O)Nc1ccccc1F. The van der Waals surface area contributed by atoms with E-state index in [-0.39, 0.29) is 17.5 Å². The van der Waals surface area contributed by atoms with Crippen molar-refractivity contribution in [2.45, 2.75) is 25.8 Å². The minimum Gasteiger partial charge on any atom is -0.374 e. The van der Waals surface area contributed by atoms with Crippen LogP contribution in [-0.2, 0) is 9.59 Å². The number of anilines is 3. The third-order valence-corrected chi connectivity index (χ3v) is 4.16. The molecule has 1 atom stereocenters. The van der Waals surface area contributed by atoms with E-state index in [0.29, 0.717) is 6.42 Å². The van der Waals surface area contributed by atoms with Crippen LogP contribution in [-0.4, -0.2) is 24.4 Å². The third kappa shape index (κ3) is 3.96. The molecule has 1 unspecified atom stereocenters. The predicted molar refractivity (Wildman–Crippen MR) is 96.1 cm³/mol. The van der Waals surface area contributed by atoms with E-state index in [1.54, 1.807) is 24.0 Å². The molecular weight excluding hydrogens is 321 g/mol. The van der Waals surface area contributed by atoms with Gasteiger partial charge in [0.15, 0.2) is 0 Å². The van der Waals surface area contributed by atoms with Crippen LogP contribution in [0.3, 0.4) is 0 Å². The highest BCUT2D eigenvalue weighted by Gasteiger charge is 2.21. The number of nitrogens with zero attached hydrogens (tertiary/aromatic N) is 1. The molecule has 0 radical (unpaired) electrons. The maximum atomic E-state index is 13.6. The molecule has 1 aliphatic rings. The Hall–Kier alpha value is -2.89. The Bertz CT molecular complexity index is 776. The van der Waals surface area contributed by atoms with E-state index < -0.39 is 11.9 Å². The van der Waals surface area contributed by atoms with Crippen molar-refractivity contribution >= 4 is 28.9 Å². The van der Waals surface area contributed by atoms with Gasteiger partial charge in [0, 0.05) is 24.3 Å². The van der Waals surface area contributed by atoms with Crippen molar-refractivity contribution < 1.29 is 14.0 Å². The normalized spacial score (nSPS) is 15.1. The van der Waals surface area contributed by atoms with Crippen molar-refractivity contribution in [3.05, 3.63) is 54.3 Å². The molecule has 0 saturated carbocycles. The van der Waals surface area contributed by atoms with Gasteiger partial charge in [0.2, 0.25) is 11.8 Å². The molecule has 2 aromatic carbocycles. The van der Waals surface area contributed by atoms with Gasteiger partial charge >= 0.3 is 0 Å². The van der Waals surface area contributed by atoms with Crippen LogP contribution in [0, 0.1) is 5.82 Å². The van der Waals surface area contributed by atoms with Gasteiger partial charge in [-0.25, -0.2) is 4.39 Å². The molecule has 2 amide bonds. The van der Waals surface area contributed by atoms with Crippen molar-refractivity contribution in [1.82, 2.24) is 0 Å². The van der Waals surface area contributed by atoms with Crippen molar-refractivity contribution in [2.75, 3.05) is 22.1 Å². The van der Waals surface area contributed by atoms with Crippen LogP contribution in [0.2, 0.25) is 0 Å². The average Bonchev–Trinajstić information content (AvgIpc) is 3.03. The van der Waals surface area contributed by atoms with Gasteiger partial charge in [0.1, 0.15) is 11.9 Å². The van der Waals surface area contributed by atoms with E-state index in [9.17, 15) is 14.0 Å². The number of halogens is 1. The minimum absolute atomic E-state index is 0.137. The van der Waals surface area contributed by atoms with Crippen LogP contribution < -0.4 is 15.5 Å². The smallest absolute Gasteiger partial charge is 0.246 e. The number of hydrogen-bond donors (Lipinski definition) is 2. The number of amides is 2. The summed E-state index contributed by atoms with van der Waals surface area (Å²) >= 11 is 0. The standard InChI is InChI=1S/C19H20FN3O2/c1-13(19(25)22-17-6-3-2-5-16(17)20)21-14-8-10-15(11-9-14)23-12-4-7-18(23)24/h2-3,5-6,8-11,13,21H,4,7,12H2,1H3,(H,22,25). The fraction of sp³-hybridized carbons (Fsp3) is 0.263. The number of hydrogen-bond acceptors (Lipinski definition) is 3. The lowest BCUT2D eigenvalue weighted by molar-refractivity contribution is -0.117. The van der Waals surface area contributed by atoms with Gasteiger partial charge in [0.05, 0.1) is 5.69 Å². The zero-order chi connectivity index (χ0) is 17.8. The van der Waals surface area contributed by atoms with Gasteiger partial charge in [-0.2, -0.15) is 0 Å². The summed E-state index contributed by atoms with van der Waals surface area (Å²) in [6.07, 6.45) is 1.47. The van der Waals surface area contributed by atoms with E-state index in [0.717, 1.165) is 24.3 Å². The lowest BCUT2D eigenvalue weighted by atomic mass is 10.2. The molecule has 2 N–H and O–H groups in total. The first-order valence-corrected chi connectivity index (χ1v) is 8.27. The number of carbonyl (C=O) groups is 2. The summed E-state index contributed by atoms with van der Waals surface area (Å²) in [5.41, 5.74) is 1.77. The van der Waals surface area contributed by atoms with Crippen molar-refractivity contribution in [2.24, 2.45) is 0 Å². The Balaban J connectivity index is 1.60. The highest BCUT2D eigenvalue weighted by molar-refractivity contribution is 5.97. The molecule has 6 heteroatoms. The van der Waals surface area contributed by atoms with Gasteiger partial charge in [-0.3, -0.25) is 9.59 Å². The van der Waals surface area contributed by atoms with Gasteiger partial charge < -0.3 is 15.5 Å². The summed E-state index contributed by atoms with van der Waals surface area (Å²) in [6.45, 7) is 2.45. The van der Waals surface area contributed by atoms with E-state index in [1.807, 2.05) is 24.3 Å². The molecule has 5 nitrogen and oxygen atoms in total. The first-order chi connectivity index (χ1) is 12.0. The molecule has 1 heterocycles. The highest BCUT2D eigenvalue weighted by Crippen LogP contribution is 2.23. The molecule has 3 rings (SSSR count). The first-order valence-electron chi connectivity index (χ1n) is 8.27. The van der Waals surface area contributed by atoms with Gasteiger partial charge in [0.25, 0.3) is 0 Å². The van der Waals surface area contributed by atoms with Crippen LogP contribution in [0.1, 0.15) is 19.8 Å². The Morgan fingerprint density at radius 1 is 1.16 bits per heavy atom. The fourth-order valence-electron chi connectivity index (χ4n) is 2.78. The Morgan fingerprint density at radius 2 is 1.88 bits per heavy atom. The van der Waals surface area contributed by atoms with Crippen molar-refractivity contribution in [3.63, 3.8) is 0 Å². The first kappa shape index (κ1) is 17.0. The summed E-state index contributed by atoms with van der Waals surface area (Å²) in [5.74, 6) is -0.662. The Morgan fingerprint density at radius 3 is 2.52 bits per heavy atom. The quantitative estimate of drug-likeness (QED) is 0.876. The number of rotatable bonds is 5. The van der Waals surface area contributed by atoms with Gasteiger partial charge in [-0.15, -0.1) is 0 Å². The second-order valence-electron chi connectivity index (χ2n) is 6.03. The van der Waals surface area contributed by atoms with Crippen molar-refractivity contribution in [1.29, 1.82) is 0 Å². The van der Waals surface area contributed by atoms with Crippen LogP contribution >= 0.6 is 0 Å². The van der Waals surface area contributed by atoms with Crippen LogP contribution in [0.15, 0.2) is 48.5 Å². The molecule has 1 fully saturated rings. The van der Waals surface area contributed by atoms with Crippen molar-refractivity contribution in [3.8, 4) is 0 Å². The Labute approximate surface area is 145 Å². The molecule has 2 aromatic rings. The molecular formula is C19H20FN3O2. The van der Waals surface area contributed by atoms with E-state index >= 15 is 0 Å². The maximum absolute atomic E-state index is 13.6. The molecule has 130 valence electrons. The summed E-state index contributed by atoms with van der Waals surface area (Å²) in [6, 6.07) is 12.9. The number of nitrogens with one attached hydrogen (secondary N) is 2. The maximum Gasteiger partial charge on any atom is 0.246 e. The second-order valence-corrected chi connectivity index (χ2v) is 6.03. The predicted octanol–water partition coefficient (Wildman–Crippen LogP) is 3.39. The molecule has 1 saturated heterocycles. The molecule has 0 bridgehead atoms. The molecule has 25 heavy (non-hydrogen) atoms. The third-order valence-electron chi connectivity index (χ3n) is 4.16. The summed E-state index contributed by atoms with van der Waals surface area (Å²) < 4.78 is 13.6. The van der Waals surface area contributed by atoms with Crippen LogP contribution in [0.5, 0.6) is 0 Å². The van der Waals surface area contributed by atoms with Gasteiger partial charge in [-0.1, -0.05) is 12.1 Å². The lowest BCUT2D eigenvalue weighted by Crippen LogP contribution is -2.32. The zero-order valence-electron chi connectivity index (χ0n) is 14.0. The van der Waals surface area contributed by atoms with Gasteiger partial charge in [-0.05, 0) is 49.7 Å². The number of benzene rings is 2. The van der Waals surface area contributed by atoms with Crippen LogP contribution in [0.25, 0.3) is 0 Å². The Kier molecular flexibility index (Phi) is 4.97. The topological polar surface area (TPSA) is 61.4 Å². The second kappa shape index (κ2) is 7.34. The number of carbonyl (C=O) groups excluding carboxylic acids is 2. The molecule has 1 aliphatic heterocycles. The summed E-state index contributed by atoms with van der Waals surface area (Å²) in [5, 5.41) is 5.64.